The first-order valence-corrected chi connectivity index (χ1v) is 9.22. The molecule has 3 fully saturated rings. The van der Waals surface area contributed by atoms with Gasteiger partial charge in [0.15, 0.2) is 0 Å². The summed E-state index contributed by atoms with van der Waals surface area (Å²) in [6.45, 7) is 1.26. The topological polar surface area (TPSA) is 3.24 Å². The van der Waals surface area contributed by atoms with Crippen LogP contribution in [-0.2, 0) is 0 Å². The third-order valence-electron chi connectivity index (χ3n) is 5.83. The maximum atomic E-state index is 2.49. The Morgan fingerprint density at radius 3 is 2.57 bits per heavy atom. The molecule has 0 aliphatic heterocycles. The van der Waals surface area contributed by atoms with Crippen LogP contribution in [0.15, 0.2) is 29.6 Å². The van der Waals surface area contributed by atoms with E-state index in [2.05, 4.69) is 48.6 Å². The van der Waals surface area contributed by atoms with Crippen LogP contribution in [0.2, 0.25) is 0 Å². The Labute approximate surface area is 132 Å². The zero-order chi connectivity index (χ0) is 14.4. The SMILES string of the molecule is CN(C)CC1C2CCC(CC2)C1c1ccc2sccc2c1. The van der Waals surface area contributed by atoms with Gasteiger partial charge in [-0.05, 0) is 91.9 Å². The summed E-state index contributed by atoms with van der Waals surface area (Å²) in [6.07, 6.45) is 5.86. The zero-order valence-electron chi connectivity index (χ0n) is 13.1. The normalized spacial score (nSPS) is 32.1. The molecule has 0 saturated heterocycles. The molecule has 0 spiro atoms. The minimum atomic E-state index is 0.796. The Kier molecular flexibility index (Phi) is 3.55. The average Bonchev–Trinajstić information content (AvgIpc) is 2.95. The lowest BCUT2D eigenvalue weighted by atomic mass is 9.57. The van der Waals surface area contributed by atoms with Crippen molar-refractivity contribution in [3.63, 3.8) is 0 Å². The van der Waals surface area contributed by atoms with Crippen molar-refractivity contribution < 1.29 is 0 Å². The smallest absolute Gasteiger partial charge is 0.0342 e. The van der Waals surface area contributed by atoms with Crippen molar-refractivity contribution in [2.45, 2.75) is 31.6 Å². The Balaban J connectivity index is 1.72. The minimum absolute atomic E-state index is 0.796. The van der Waals surface area contributed by atoms with E-state index < -0.39 is 0 Å². The summed E-state index contributed by atoms with van der Waals surface area (Å²) >= 11 is 1.86. The van der Waals surface area contributed by atoms with Crippen molar-refractivity contribution in [1.29, 1.82) is 0 Å². The number of nitrogens with zero attached hydrogens (tertiary/aromatic N) is 1. The van der Waals surface area contributed by atoms with Gasteiger partial charge in [0.05, 0.1) is 0 Å². The molecule has 3 aliphatic rings. The molecule has 21 heavy (non-hydrogen) atoms. The second kappa shape index (κ2) is 5.40. The molecule has 0 N–H and O–H groups in total. The van der Waals surface area contributed by atoms with Crippen molar-refractivity contribution >= 4 is 21.4 Å². The Morgan fingerprint density at radius 1 is 1.05 bits per heavy atom. The predicted octanol–water partition coefficient (Wildman–Crippen LogP) is 4.98. The monoisotopic (exact) mass is 299 g/mol. The summed E-state index contributed by atoms with van der Waals surface area (Å²) in [5, 5.41) is 3.67. The first-order valence-electron chi connectivity index (χ1n) is 8.34. The van der Waals surface area contributed by atoms with E-state index in [-0.39, 0.29) is 0 Å². The minimum Gasteiger partial charge on any atom is -0.309 e. The van der Waals surface area contributed by atoms with Crippen LogP contribution < -0.4 is 0 Å². The average molecular weight is 299 g/mol. The summed E-state index contributed by atoms with van der Waals surface area (Å²) in [5.41, 5.74) is 1.61. The highest BCUT2D eigenvalue weighted by Crippen LogP contribution is 2.53. The number of fused-ring (bicyclic) bond motifs is 4. The number of hydrogen-bond donors (Lipinski definition) is 0. The third-order valence-corrected chi connectivity index (χ3v) is 6.73. The molecule has 2 unspecified atom stereocenters. The lowest BCUT2D eigenvalue weighted by molar-refractivity contribution is 0.0507. The Bertz CT molecular complexity index is 621. The first kappa shape index (κ1) is 13.8. The van der Waals surface area contributed by atoms with Gasteiger partial charge in [-0.15, -0.1) is 11.3 Å². The molecule has 0 radical (unpaired) electrons. The van der Waals surface area contributed by atoms with Gasteiger partial charge in [-0.1, -0.05) is 12.1 Å². The van der Waals surface area contributed by atoms with Gasteiger partial charge in [-0.3, -0.25) is 0 Å². The summed E-state index contributed by atoms with van der Waals surface area (Å²) in [5.74, 6) is 3.55. The fourth-order valence-corrected chi connectivity index (χ4v) is 5.74. The second-order valence-corrected chi connectivity index (χ2v) is 8.29. The maximum absolute atomic E-state index is 2.49. The molecular formula is C19H25NS. The fourth-order valence-electron chi connectivity index (χ4n) is 4.97. The summed E-state index contributed by atoms with van der Waals surface area (Å²) in [7, 11) is 4.48. The number of rotatable bonds is 3. The molecule has 0 amide bonds. The maximum Gasteiger partial charge on any atom is 0.0342 e. The van der Waals surface area contributed by atoms with Crippen LogP contribution in [0.3, 0.4) is 0 Å². The fraction of sp³-hybridized carbons (Fsp3) is 0.579. The van der Waals surface area contributed by atoms with Gasteiger partial charge >= 0.3 is 0 Å². The summed E-state index contributed by atoms with van der Waals surface area (Å²) in [4.78, 5) is 2.40. The van der Waals surface area contributed by atoms with Gasteiger partial charge in [0.1, 0.15) is 0 Å². The van der Waals surface area contributed by atoms with E-state index in [4.69, 9.17) is 0 Å². The van der Waals surface area contributed by atoms with E-state index in [0.717, 1.165) is 23.7 Å². The van der Waals surface area contributed by atoms with Crippen molar-refractivity contribution in [3.8, 4) is 0 Å². The van der Waals surface area contributed by atoms with Crippen LogP contribution in [0, 0.1) is 17.8 Å². The zero-order valence-corrected chi connectivity index (χ0v) is 13.9. The highest BCUT2D eigenvalue weighted by molar-refractivity contribution is 7.17. The first-order chi connectivity index (χ1) is 10.2. The molecule has 2 bridgehead atoms. The summed E-state index contributed by atoms with van der Waals surface area (Å²) in [6, 6.07) is 9.54. The Hall–Kier alpha value is -0.860. The molecule has 1 aromatic heterocycles. The molecular weight excluding hydrogens is 274 g/mol. The highest BCUT2D eigenvalue weighted by atomic mass is 32.1. The number of thiophene rings is 1. The molecule has 2 aromatic rings. The van der Waals surface area contributed by atoms with Crippen LogP contribution in [-0.4, -0.2) is 25.5 Å². The van der Waals surface area contributed by atoms with Crippen molar-refractivity contribution in [1.82, 2.24) is 4.90 Å². The molecule has 1 nitrogen and oxygen atoms in total. The van der Waals surface area contributed by atoms with E-state index in [1.54, 1.807) is 5.56 Å². The van der Waals surface area contributed by atoms with Crippen molar-refractivity contribution in [3.05, 3.63) is 35.2 Å². The molecule has 1 heterocycles. The van der Waals surface area contributed by atoms with E-state index in [1.807, 2.05) is 11.3 Å². The van der Waals surface area contributed by atoms with Crippen LogP contribution in [0.5, 0.6) is 0 Å². The van der Waals surface area contributed by atoms with E-state index in [9.17, 15) is 0 Å². The lowest BCUT2D eigenvalue weighted by Gasteiger charge is -2.50. The van der Waals surface area contributed by atoms with E-state index in [0.29, 0.717) is 0 Å². The van der Waals surface area contributed by atoms with Crippen LogP contribution in [0.4, 0.5) is 0 Å². The quantitative estimate of drug-likeness (QED) is 0.772. The van der Waals surface area contributed by atoms with Gasteiger partial charge in [-0.2, -0.15) is 0 Å². The molecule has 2 heteroatoms. The van der Waals surface area contributed by atoms with Crippen LogP contribution in [0.1, 0.15) is 37.2 Å². The van der Waals surface area contributed by atoms with Gasteiger partial charge < -0.3 is 4.90 Å². The number of hydrogen-bond acceptors (Lipinski definition) is 2. The van der Waals surface area contributed by atoms with Gasteiger partial charge in [-0.25, -0.2) is 0 Å². The standard InChI is InChI=1S/C19H25NS/c1-20(2)12-17-13-3-5-14(6-4-13)19(17)16-7-8-18-15(11-16)9-10-21-18/h7-11,13-14,17,19H,3-6,12H2,1-2H3. The number of benzene rings is 1. The van der Waals surface area contributed by atoms with Crippen molar-refractivity contribution in [2.24, 2.45) is 17.8 Å². The van der Waals surface area contributed by atoms with E-state index in [1.165, 1.54) is 42.3 Å². The molecule has 1 aromatic carbocycles. The van der Waals surface area contributed by atoms with Gasteiger partial charge in [0.25, 0.3) is 0 Å². The highest BCUT2D eigenvalue weighted by Gasteiger charge is 2.44. The lowest BCUT2D eigenvalue weighted by Crippen LogP contribution is -2.43. The predicted molar refractivity (Wildman–Crippen MR) is 92.1 cm³/mol. The van der Waals surface area contributed by atoms with Gasteiger partial charge in [0, 0.05) is 11.2 Å². The summed E-state index contributed by atoms with van der Waals surface area (Å²) < 4.78 is 1.43. The van der Waals surface area contributed by atoms with Gasteiger partial charge in [0.2, 0.25) is 0 Å². The molecule has 5 rings (SSSR count). The Morgan fingerprint density at radius 2 is 1.81 bits per heavy atom. The second-order valence-electron chi connectivity index (χ2n) is 7.34. The van der Waals surface area contributed by atoms with Crippen LogP contribution in [0.25, 0.3) is 10.1 Å². The molecule has 3 saturated carbocycles. The largest absolute Gasteiger partial charge is 0.309 e. The van der Waals surface area contributed by atoms with Crippen LogP contribution >= 0.6 is 11.3 Å². The van der Waals surface area contributed by atoms with Crippen molar-refractivity contribution in [2.75, 3.05) is 20.6 Å². The molecule has 2 atom stereocenters. The third kappa shape index (κ3) is 2.43. The van der Waals surface area contributed by atoms with E-state index >= 15 is 0 Å². The molecule has 3 aliphatic carbocycles. The molecule has 112 valence electrons.